The van der Waals surface area contributed by atoms with Gasteiger partial charge in [-0.1, -0.05) is 29.8 Å². The molecule has 2 N–H and O–H groups in total. The Balaban J connectivity index is 1.76. The molecule has 2 rings (SSSR count). The fraction of sp³-hybridized carbons (Fsp3) is 0.211. The molecule has 3 amide bonds. The second kappa shape index (κ2) is 10.2. The van der Waals surface area contributed by atoms with Crippen molar-refractivity contribution in [2.75, 3.05) is 17.7 Å². The van der Waals surface area contributed by atoms with Gasteiger partial charge in [-0.05, 0) is 31.5 Å². The Kier molecular flexibility index (Phi) is 7.72. The summed E-state index contributed by atoms with van der Waals surface area (Å²) in [5.74, 6) is -1.75. The van der Waals surface area contributed by atoms with Crippen molar-refractivity contribution in [3.63, 3.8) is 0 Å². The number of nitro groups is 1. The molecule has 29 heavy (non-hydrogen) atoms. The Bertz CT molecular complexity index is 947. The molecule has 0 aliphatic heterocycles. The van der Waals surface area contributed by atoms with Gasteiger partial charge in [-0.2, -0.15) is 0 Å². The lowest BCUT2D eigenvalue weighted by Crippen LogP contribution is -2.37. The highest BCUT2D eigenvalue weighted by atomic mass is 32.2. The van der Waals surface area contributed by atoms with Gasteiger partial charge in [0.25, 0.3) is 11.6 Å². The maximum atomic E-state index is 11.9. The minimum atomic E-state index is -0.795. The standard InChI is InChI=1S/C19H19N3O6S/c1-12-7-8-14(13(2)9-12)20-19(25)21-17(23)10-28-18(24)11-29-16-6-4-3-5-15(16)22(26)27/h3-9H,10-11H2,1-2H3,(H2,20,21,23,25). The Morgan fingerprint density at radius 3 is 2.55 bits per heavy atom. The van der Waals surface area contributed by atoms with Crippen molar-refractivity contribution in [3.05, 3.63) is 63.7 Å². The van der Waals surface area contributed by atoms with Crippen molar-refractivity contribution >= 4 is 41.0 Å². The fourth-order valence-electron chi connectivity index (χ4n) is 2.32. The summed E-state index contributed by atoms with van der Waals surface area (Å²) in [6.07, 6.45) is 0. The maximum Gasteiger partial charge on any atom is 0.325 e. The first kappa shape index (κ1) is 21.9. The molecule has 0 aliphatic carbocycles. The second-order valence-electron chi connectivity index (χ2n) is 5.99. The Labute approximate surface area is 171 Å². The van der Waals surface area contributed by atoms with E-state index in [2.05, 4.69) is 10.6 Å². The predicted molar refractivity (Wildman–Crippen MR) is 108 cm³/mol. The van der Waals surface area contributed by atoms with Crippen molar-refractivity contribution in [2.45, 2.75) is 18.7 Å². The van der Waals surface area contributed by atoms with Gasteiger partial charge in [0, 0.05) is 11.8 Å². The number of amides is 3. The van der Waals surface area contributed by atoms with Gasteiger partial charge in [-0.15, -0.1) is 11.8 Å². The minimum absolute atomic E-state index is 0.119. The second-order valence-corrected chi connectivity index (χ2v) is 7.01. The van der Waals surface area contributed by atoms with Gasteiger partial charge in [-0.3, -0.25) is 25.0 Å². The molecular weight excluding hydrogens is 398 g/mol. The molecule has 0 aromatic heterocycles. The van der Waals surface area contributed by atoms with E-state index in [1.54, 1.807) is 12.1 Å². The predicted octanol–water partition coefficient (Wildman–Crippen LogP) is 3.20. The SMILES string of the molecule is Cc1ccc(NC(=O)NC(=O)COC(=O)CSc2ccccc2[N+](=O)[O-])c(C)c1. The number of hydrogen-bond donors (Lipinski definition) is 2. The van der Waals surface area contributed by atoms with Crippen LogP contribution >= 0.6 is 11.8 Å². The van der Waals surface area contributed by atoms with Gasteiger partial charge in [0.15, 0.2) is 6.61 Å². The zero-order valence-corrected chi connectivity index (χ0v) is 16.6. The summed E-state index contributed by atoms with van der Waals surface area (Å²) in [5, 5.41) is 15.5. The number of benzene rings is 2. The topological polar surface area (TPSA) is 128 Å². The summed E-state index contributed by atoms with van der Waals surface area (Å²) >= 11 is 0.926. The first-order valence-corrected chi connectivity index (χ1v) is 9.44. The summed E-state index contributed by atoms with van der Waals surface area (Å²) in [5.41, 5.74) is 2.31. The third kappa shape index (κ3) is 6.92. The molecule has 2 aromatic rings. The lowest BCUT2D eigenvalue weighted by Gasteiger charge is -2.10. The number of thioether (sulfide) groups is 1. The highest BCUT2D eigenvalue weighted by Crippen LogP contribution is 2.28. The number of esters is 1. The highest BCUT2D eigenvalue weighted by Gasteiger charge is 2.16. The summed E-state index contributed by atoms with van der Waals surface area (Å²) < 4.78 is 4.79. The van der Waals surface area contributed by atoms with Crippen LogP contribution in [0.15, 0.2) is 47.4 Å². The largest absolute Gasteiger partial charge is 0.455 e. The third-order valence-corrected chi connectivity index (χ3v) is 4.69. The molecular formula is C19H19N3O6S. The molecule has 0 saturated heterocycles. The molecule has 0 fully saturated rings. The van der Waals surface area contributed by atoms with Crippen LogP contribution in [0.25, 0.3) is 0 Å². The molecule has 0 bridgehead atoms. The monoisotopic (exact) mass is 417 g/mol. The molecule has 0 saturated carbocycles. The molecule has 0 heterocycles. The molecule has 0 radical (unpaired) electrons. The molecule has 0 aliphatic rings. The van der Waals surface area contributed by atoms with Crippen molar-refractivity contribution in [1.29, 1.82) is 0 Å². The van der Waals surface area contributed by atoms with E-state index < -0.39 is 29.4 Å². The number of nitrogens with zero attached hydrogens (tertiary/aromatic N) is 1. The van der Waals surface area contributed by atoms with Crippen LogP contribution in [-0.4, -0.2) is 35.2 Å². The van der Waals surface area contributed by atoms with Crippen molar-refractivity contribution in [3.8, 4) is 0 Å². The van der Waals surface area contributed by atoms with Crippen LogP contribution in [0.4, 0.5) is 16.2 Å². The summed E-state index contributed by atoms with van der Waals surface area (Å²) in [6.45, 7) is 3.10. The van der Waals surface area contributed by atoms with Crippen LogP contribution < -0.4 is 10.6 Å². The van der Waals surface area contributed by atoms with Crippen LogP contribution in [0.5, 0.6) is 0 Å². The van der Waals surface area contributed by atoms with Gasteiger partial charge in [0.2, 0.25) is 0 Å². The third-order valence-electron chi connectivity index (χ3n) is 3.65. The maximum absolute atomic E-state index is 11.9. The number of carbonyl (C=O) groups is 3. The lowest BCUT2D eigenvalue weighted by atomic mass is 10.1. The van der Waals surface area contributed by atoms with Gasteiger partial charge in [0.05, 0.1) is 15.6 Å². The molecule has 9 nitrogen and oxygen atoms in total. The number of imide groups is 1. The van der Waals surface area contributed by atoms with E-state index in [9.17, 15) is 24.5 Å². The van der Waals surface area contributed by atoms with E-state index in [0.717, 1.165) is 22.9 Å². The number of urea groups is 1. The number of carbonyl (C=O) groups excluding carboxylic acids is 3. The van der Waals surface area contributed by atoms with E-state index in [1.165, 1.54) is 18.2 Å². The number of nitro benzene ring substituents is 1. The number of nitrogens with one attached hydrogen (secondary N) is 2. The number of aryl methyl sites for hydroxylation is 2. The van der Waals surface area contributed by atoms with Crippen molar-refractivity contribution in [2.24, 2.45) is 0 Å². The lowest BCUT2D eigenvalue weighted by molar-refractivity contribution is -0.387. The van der Waals surface area contributed by atoms with Gasteiger partial charge in [0.1, 0.15) is 0 Å². The van der Waals surface area contributed by atoms with Crippen molar-refractivity contribution in [1.82, 2.24) is 5.32 Å². The minimum Gasteiger partial charge on any atom is -0.455 e. The number of para-hydroxylation sites is 1. The van der Waals surface area contributed by atoms with E-state index in [0.29, 0.717) is 10.6 Å². The zero-order valence-electron chi connectivity index (χ0n) is 15.8. The van der Waals surface area contributed by atoms with E-state index in [1.807, 2.05) is 26.0 Å². The number of ether oxygens (including phenoxy) is 1. The zero-order chi connectivity index (χ0) is 21.4. The van der Waals surface area contributed by atoms with Crippen LogP contribution in [0, 0.1) is 24.0 Å². The molecule has 0 atom stereocenters. The smallest absolute Gasteiger partial charge is 0.325 e. The number of hydrogen-bond acceptors (Lipinski definition) is 7. The normalized spacial score (nSPS) is 10.1. The van der Waals surface area contributed by atoms with Crippen LogP contribution in [0.2, 0.25) is 0 Å². The van der Waals surface area contributed by atoms with Gasteiger partial charge < -0.3 is 10.1 Å². The van der Waals surface area contributed by atoms with Crippen LogP contribution in [0.1, 0.15) is 11.1 Å². The summed E-state index contributed by atoms with van der Waals surface area (Å²) in [7, 11) is 0. The number of rotatable bonds is 7. The Morgan fingerprint density at radius 2 is 1.86 bits per heavy atom. The van der Waals surface area contributed by atoms with Crippen LogP contribution in [0.3, 0.4) is 0 Å². The van der Waals surface area contributed by atoms with Crippen LogP contribution in [-0.2, 0) is 14.3 Å². The van der Waals surface area contributed by atoms with E-state index >= 15 is 0 Å². The molecule has 152 valence electrons. The molecule has 2 aromatic carbocycles. The highest BCUT2D eigenvalue weighted by molar-refractivity contribution is 8.00. The first-order chi connectivity index (χ1) is 13.8. The quantitative estimate of drug-likeness (QED) is 0.306. The average Bonchev–Trinajstić information content (AvgIpc) is 2.67. The van der Waals surface area contributed by atoms with Gasteiger partial charge in [-0.25, -0.2) is 4.79 Å². The molecule has 10 heteroatoms. The summed E-state index contributed by atoms with van der Waals surface area (Å²) in [6, 6.07) is 10.7. The Morgan fingerprint density at radius 1 is 1.14 bits per heavy atom. The van der Waals surface area contributed by atoms with Gasteiger partial charge >= 0.3 is 12.0 Å². The number of anilines is 1. The first-order valence-electron chi connectivity index (χ1n) is 8.46. The van der Waals surface area contributed by atoms with Crippen molar-refractivity contribution < 1.29 is 24.0 Å². The summed E-state index contributed by atoms with van der Waals surface area (Å²) in [4.78, 5) is 46.1. The average molecular weight is 417 g/mol. The van der Waals surface area contributed by atoms with E-state index in [-0.39, 0.29) is 11.4 Å². The van der Waals surface area contributed by atoms with E-state index in [4.69, 9.17) is 4.74 Å². The fourth-order valence-corrected chi connectivity index (χ4v) is 3.15. The molecule has 0 unspecified atom stereocenters. The Hall–Kier alpha value is -3.40. The molecule has 0 spiro atoms.